The average Bonchev–Trinajstić information content (AvgIpc) is 2.49. The van der Waals surface area contributed by atoms with Gasteiger partial charge >= 0.3 is 5.97 Å². The Morgan fingerprint density at radius 3 is 2.62 bits per heavy atom. The predicted octanol–water partition coefficient (Wildman–Crippen LogP) is 2.75. The second-order valence-electron chi connectivity index (χ2n) is 4.84. The van der Waals surface area contributed by atoms with Crippen LogP contribution in [0.15, 0.2) is 65.7 Å². The summed E-state index contributed by atoms with van der Waals surface area (Å²) in [5, 5.41) is 11.3. The van der Waals surface area contributed by atoms with Crippen molar-refractivity contribution in [3.05, 3.63) is 82.3 Å². The number of carboxylic acids is 1. The van der Waals surface area contributed by atoms with Crippen molar-refractivity contribution < 1.29 is 9.90 Å². The van der Waals surface area contributed by atoms with Crippen LogP contribution in [0.3, 0.4) is 0 Å². The highest BCUT2D eigenvalue weighted by atomic mass is 16.4. The van der Waals surface area contributed by atoms with Gasteiger partial charge in [0.05, 0.1) is 0 Å². The van der Waals surface area contributed by atoms with Gasteiger partial charge in [0.25, 0.3) is 0 Å². The molecule has 2 aromatic carbocycles. The Balaban J connectivity index is 2.05. The quantitative estimate of drug-likeness (QED) is 0.802. The van der Waals surface area contributed by atoms with Gasteiger partial charge in [-0.2, -0.15) is 0 Å². The summed E-state index contributed by atoms with van der Waals surface area (Å²) < 4.78 is 1.71. The number of aromatic carboxylic acids is 1. The van der Waals surface area contributed by atoms with Crippen LogP contribution in [0.25, 0.3) is 10.8 Å². The van der Waals surface area contributed by atoms with Crippen molar-refractivity contribution in [2.45, 2.75) is 6.54 Å². The zero-order valence-corrected chi connectivity index (χ0v) is 11.2. The van der Waals surface area contributed by atoms with Crippen molar-refractivity contribution in [2.75, 3.05) is 0 Å². The summed E-state index contributed by atoms with van der Waals surface area (Å²) in [6.45, 7) is 0.516. The minimum Gasteiger partial charge on any atom is -0.477 e. The van der Waals surface area contributed by atoms with Gasteiger partial charge in [-0.3, -0.25) is 4.79 Å². The van der Waals surface area contributed by atoms with Gasteiger partial charge < -0.3 is 9.67 Å². The van der Waals surface area contributed by atoms with Gasteiger partial charge in [-0.05, 0) is 16.3 Å². The fourth-order valence-corrected chi connectivity index (χ4v) is 2.41. The molecule has 3 aromatic rings. The van der Waals surface area contributed by atoms with Crippen LogP contribution in [-0.2, 0) is 6.54 Å². The molecule has 1 heterocycles. The van der Waals surface area contributed by atoms with Crippen molar-refractivity contribution >= 4 is 16.7 Å². The van der Waals surface area contributed by atoms with E-state index >= 15 is 0 Å². The summed E-state index contributed by atoms with van der Waals surface area (Å²) in [5.41, 5.74) is 0.391. The van der Waals surface area contributed by atoms with E-state index in [1.165, 1.54) is 12.3 Å². The topological polar surface area (TPSA) is 59.3 Å². The van der Waals surface area contributed by atoms with Gasteiger partial charge in [0.15, 0.2) is 5.43 Å². The molecule has 104 valence electrons. The number of hydrogen-bond acceptors (Lipinski definition) is 2. The second kappa shape index (κ2) is 5.25. The van der Waals surface area contributed by atoms with Crippen LogP contribution < -0.4 is 5.43 Å². The Kier molecular flexibility index (Phi) is 3.28. The zero-order valence-electron chi connectivity index (χ0n) is 11.2. The van der Waals surface area contributed by atoms with E-state index in [2.05, 4.69) is 0 Å². The molecule has 0 saturated heterocycles. The molecule has 3 rings (SSSR count). The molecule has 1 N–H and O–H groups in total. The predicted molar refractivity (Wildman–Crippen MR) is 80.7 cm³/mol. The zero-order chi connectivity index (χ0) is 14.8. The van der Waals surface area contributed by atoms with Crippen LogP contribution in [0.1, 0.15) is 15.9 Å². The average molecular weight is 279 g/mol. The van der Waals surface area contributed by atoms with E-state index in [0.29, 0.717) is 6.54 Å². The highest BCUT2D eigenvalue weighted by Crippen LogP contribution is 2.19. The highest BCUT2D eigenvalue weighted by Gasteiger charge is 2.09. The lowest BCUT2D eigenvalue weighted by Crippen LogP contribution is -2.16. The van der Waals surface area contributed by atoms with Crippen LogP contribution in [0.2, 0.25) is 0 Å². The Labute approximate surface area is 120 Å². The van der Waals surface area contributed by atoms with E-state index in [1.807, 2.05) is 42.5 Å². The molecule has 21 heavy (non-hydrogen) atoms. The van der Waals surface area contributed by atoms with Crippen molar-refractivity contribution in [3.8, 4) is 0 Å². The van der Waals surface area contributed by atoms with Crippen LogP contribution in [0.5, 0.6) is 0 Å². The first-order valence-corrected chi connectivity index (χ1v) is 6.55. The highest BCUT2D eigenvalue weighted by molar-refractivity contribution is 5.87. The van der Waals surface area contributed by atoms with E-state index in [-0.39, 0.29) is 5.56 Å². The van der Waals surface area contributed by atoms with Gasteiger partial charge in [0, 0.05) is 25.0 Å². The third kappa shape index (κ3) is 2.56. The first-order valence-electron chi connectivity index (χ1n) is 6.55. The Morgan fingerprint density at radius 2 is 1.81 bits per heavy atom. The minimum atomic E-state index is -1.20. The first-order chi connectivity index (χ1) is 10.1. The summed E-state index contributed by atoms with van der Waals surface area (Å²) in [4.78, 5) is 22.5. The normalized spacial score (nSPS) is 10.7. The van der Waals surface area contributed by atoms with E-state index in [1.54, 1.807) is 10.8 Å². The monoisotopic (exact) mass is 279 g/mol. The molecule has 4 nitrogen and oxygen atoms in total. The van der Waals surface area contributed by atoms with Crippen molar-refractivity contribution in [1.29, 1.82) is 0 Å². The van der Waals surface area contributed by atoms with Crippen molar-refractivity contribution in [1.82, 2.24) is 4.57 Å². The van der Waals surface area contributed by atoms with Gasteiger partial charge in [-0.1, -0.05) is 42.5 Å². The number of carboxylic acid groups (broad SMARTS) is 1. The molecule has 0 amide bonds. The number of carbonyl (C=O) groups is 1. The minimum absolute atomic E-state index is 0.210. The number of rotatable bonds is 3. The summed E-state index contributed by atoms with van der Waals surface area (Å²) in [6, 6.07) is 15.3. The Bertz CT molecular complexity index is 875. The molecular weight excluding hydrogens is 266 g/mol. The third-order valence-electron chi connectivity index (χ3n) is 3.44. The molecule has 0 unspecified atom stereocenters. The Hall–Kier alpha value is -2.88. The number of benzene rings is 2. The van der Waals surface area contributed by atoms with E-state index in [0.717, 1.165) is 16.3 Å². The van der Waals surface area contributed by atoms with Gasteiger partial charge in [0.1, 0.15) is 5.56 Å². The number of hydrogen-bond donors (Lipinski definition) is 1. The maximum atomic E-state index is 11.5. The maximum Gasteiger partial charge on any atom is 0.341 e. The largest absolute Gasteiger partial charge is 0.477 e. The van der Waals surface area contributed by atoms with Gasteiger partial charge in [-0.25, -0.2) is 4.79 Å². The van der Waals surface area contributed by atoms with E-state index in [9.17, 15) is 9.59 Å². The lowest BCUT2D eigenvalue weighted by molar-refractivity contribution is 0.0694. The fraction of sp³-hybridized carbons (Fsp3) is 0.0588. The summed E-state index contributed by atoms with van der Waals surface area (Å²) in [5.74, 6) is -1.20. The summed E-state index contributed by atoms with van der Waals surface area (Å²) >= 11 is 0. The van der Waals surface area contributed by atoms with Gasteiger partial charge in [-0.15, -0.1) is 0 Å². The molecule has 0 aliphatic heterocycles. The van der Waals surface area contributed by atoms with Crippen LogP contribution in [0, 0.1) is 0 Å². The molecule has 0 atom stereocenters. The third-order valence-corrected chi connectivity index (χ3v) is 3.44. The Morgan fingerprint density at radius 1 is 1.05 bits per heavy atom. The number of aromatic nitrogens is 1. The molecule has 4 heteroatoms. The fourth-order valence-electron chi connectivity index (χ4n) is 2.41. The van der Waals surface area contributed by atoms with Crippen LogP contribution in [-0.4, -0.2) is 15.6 Å². The first kappa shape index (κ1) is 13.1. The van der Waals surface area contributed by atoms with Crippen molar-refractivity contribution in [2.24, 2.45) is 0 Å². The van der Waals surface area contributed by atoms with E-state index < -0.39 is 11.4 Å². The number of pyridine rings is 1. The molecular formula is C17H13NO3. The summed E-state index contributed by atoms with van der Waals surface area (Å²) in [7, 11) is 0. The molecule has 0 saturated carbocycles. The molecule has 0 radical (unpaired) electrons. The standard InChI is InChI=1S/C17H13NO3/c19-16-8-9-18(11-15(16)17(20)21)10-13-6-3-5-12-4-1-2-7-14(12)13/h1-9,11H,10H2,(H,20,21). The molecule has 1 aromatic heterocycles. The number of fused-ring (bicyclic) bond motifs is 1. The van der Waals surface area contributed by atoms with Gasteiger partial charge in [0.2, 0.25) is 0 Å². The van der Waals surface area contributed by atoms with Crippen molar-refractivity contribution in [3.63, 3.8) is 0 Å². The maximum absolute atomic E-state index is 11.5. The lowest BCUT2D eigenvalue weighted by atomic mass is 10.0. The van der Waals surface area contributed by atoms with Crippen LogP contribution in [0.4, 0.5) is 0 Å². The molecule has 0 bridgehead atoms. The van der Waals surface area contributed by atoms with E-state index in [4.69, 9.17) is 5.11 Å². The molecule has 0 spiro atoms. The number of nitrogens with zero attached hydrogens (tertiary/aromatic N) is 1. The van der Waals surface area contributed by atoms with Crippen LogP contribution >= 0.6 is 0 Å². The smallest absolute Gasteiger partial charge is 0.341 e. The molecule has 0 fully saturated rings. The molecule has 0 aliphatic carbocycles. The lowest BCUT2D eigenvalue weighted by Gasteiger charge is -2.10. The SMILES string of the molecule is O=C(O)c1cn(Cc2cccc3ccccc23)ccc1=O. The molecule has 0 aliphatic rings. The second-order valence-corrected chi connectivity index (χ2v) is 4.84. The summed E-state index contributed by atoms with van der Waals surface area (Å²) in [6.07, 6.45) is 2.99.